The molecule has 0 aromatic carbocycles. The number of hydrogen-bond acceptors (Lipinski definition) is 8. The number of carboxylic acids is 2. The van der Waals surface area contributed by atoms with Crippen molar-refractivity contribution in [3.05, 3.63) is 0 Å². The first-order valence-electron chi connectivity index (χ1n) is 3.43. The summed E-state index contributed by atoms with van der Waals surface area (Å²) in [6, 6.07) is 0. The standard InChI is InChI=1S/C6H10O8.Ca/c7-1(3(9)5(11)12)2(8)4(10)6(13)14;/h1-4,7-10H,(H,11,12)(H,13,14);/q;+2/p-2/t1-,2+,3+,4-;. The zero-order chi connectivity index (χ0) is 11.5. The molecule has 4 atom stereocenters. The first-order valence-corrected chi connectivity index (χ1v) is 3.43. The maximum atomic E-state index is 9.96. The minimum absolute atomic E-state index is 0. The molecular formula is C6H8CaO8. The Bertz CT molecular complexity index is 207. The fraction of sp³-hybridized carbons (Fsp3) is 0.667. The van der Waals surface area contributed by atoms with Crippen LogP contribution in [0.15, 0.2) is 0 Å². The molecule has 9 heteroatoms. The molecule has 0 aromatic rings. The number of aliphatic hydroxyl groups is 4. The van der Waals surface area contributed by atoms with Crippen LogP contribution in [-0.4, -0.2) is 94.5 Å². The van der Waals surface area contributed by atoms with Gasteiger partial charge in [-0.15, -0.1) is 0 Å². The van der Waals surface area contributed by atoms with Crippen molar-refractivity contribution in [1.82, 2.24) is 0 Å². The van der Waals surface area contributed by atoms with Crippen molar-refractivity contribution < 1.29 is 40.2 Å². The van der Waals surface area contributed by atoms with Crippen molar-refractivity contribution in [2.24, 2.45) is 0 Å². The molecule has 0 aliphatic carbocycles. The summed E-state index contributed by atoms with van der Waals surface area (Å²) >= 11 is 0. The van der Waals surface area contributed by atoms with Gasteiger partial charge in [-0.3, -0.25) is 0 Å². The Balaban J connectivity index is 0. The van der Waals surface area contributed by atoms with Gasteiger partial charge in [-0.05, 0) is 0 Å². The van der Waals surface area contributed by atoms with Crippen molar-refractivity contribution in [1.29, 1.82) is 0 Å². The average molecular weight is 248 g/mol. The van der Waals surface area contributed by atoms with E-state index in [0.29, 0.717) is 0 Å². The summed E-state index contributed by atoms with van der Waals surface area (Å²) in [6.07, 6.45) is -9.76. The number of rotatable bonds is 5. The van der Waals surface area contributed by atoms with Gasteiger partial charge < -0.3 is 40.2 Å². The Morgan fingerprint density at radius 2 is 1.00 bits per heavy atom. The molecular weight excluding hydrogens is 240 g/mol. The van der Waals surface area contributed by atoms with Crippen LogP contribution in [0.3, 0.4) is 0 Å². The average Bonchev–Trinajstić information content (AvgIpc) is 2.12. The maximum absolute atomic E-state index is 9.96. The molecule has 0 fully saturated rings. The Morgan fingerprint density at radius 1 is 0.800 bits per heavy atom. The summed E-state index contributed by atoms with van der Waals surface area (Å²) in [4.78, 5) is 19.9. The molecule has 0 amide bonds. The van der Waals surface area contributed by atoms with Crippen LogP contribution < -0.4 is 10.2 Å². The van der Waals surface area contributed by atoms with Crippen LogP contribution in [-0.2, 0) is 9.59 Å². The summed E-state index contributed by atoms with van der Waals surface area (Å²) in [5, 5.41) is 54.7. The molecule has 8 nitrogen and oxygen atoms in total. The van der Waals surface area contributed by atoms with Gasteiger partial charge in [0.05, 0.1) is 11.9 Å². The third-order valence-corrected chi connectivity index (χ3v) is 1.48. The van der Waals surface area contributed by atoms with Gasteiger partial charge in [0.15, 0.2) is 0 Å². The largest absolute Gasteiger partial charge is 2.00 e. The van der Waals surface area contributed by atoms with Gasteiger partial charge in [-0.2, -0.15) is 0 Å². The summed E-state index contributed by atoms with van der Waals surface area (Å²) in [6.45, 7) is 0. The summed E-state index contributed by atoms with van der Waals surface area (Å²) in [5.41, 5.74) is 0. The second-order valence-corrected chi connectivity index (χ2v) is 2.51. The smallest absolute Gasteiger partial charge is 0.547 e. The van der Waals surface area contributed by atoms with E-state index in [-0.39, 0.29) is 37.7 Å². The molecule has 0 saturated heterocycles. The molecule has 0 radical (unpaired) electrons. The summed E-state index contributed by atoms with van der Waals surface area (Å²) < 4.78 is 0. The molecule has 0 saturated carbocycles. The third kappa shape index (κ3) is 5.07. The number of carboxylic acid groups (broad SMARTS) is 2. The number of hydrogen-bond donors (Lipinski definition) is 4. The second-order valence-electron chi connectivity index (χ2n) is 2.51. The Morgan fingerprint density at radius 3 is 1.13 bits per heavy atom. The molecule has 0 heterocycles. The molecule has 0 spiro atoms. The van der Waals surface area contributed by atoms with Gasteiger partial charge in [0, 0.05) is 0 Å². The van der Waals surface area contributed by atoms with Crippen molar-refractivity contribution in [3.8, 4) is 0 Å². The van der Waals surface area contributed by atoms with Gasteiger partial charge in [0.25, 0.3) is 0 Å². The number of aliphatic hydroxyl groups excluding tert-OH is 4. The number of carbonyl (C=O) groups excluding carboxylic acids is 2. The number of carbonyl (C=O) groups is 2. The van der Waals surface area contributed by atoms with Crippen LogP contribution in [0.25, 0.3) is 0 Å². The molecule has 0 aliphatic heterocycles. The summed E-state index contributed by atoms with van der Waals surface area (Å²) in [5.74, 6) is -4.22. The first-order chi connectivity index (χ1) is 6.29. The predicted molar refractivity (Wildman–Crippen MR) is 39.8 cm³/mol. The van der Waals surface area contributed by atoms with Crippen LogP contribution in [0.5, 0.6) is 0 Å². The minimum atomic E-state index is -2.50. The summed E-state index contributed by atoms with van der Waals surface area (Å²) in [7, 11) is 0. The van der Waals surface area contributed by atoms with Crippen molar-refractivity contribution in [2.75, 3.05) is 0 Å². The van der Waals surface area contributed by atoms with E-state index in [1.807, 2.05) is 0 Å². The minimum Gasteiger partial charge on any atom is -0.547 e. The van der Waals surface area contributed by atoms with Crippen LogP contribution in [0.2, 0.25) is 0 Å². The maximum Gasteiger partial charge on any atom is 2.00 e. The van der Waals surface area contributed by atoms with Crippen molar-refractivity contribution in [2.45, 2.75) is 24.4 Å². The first kappa shape index (κ1) is 17.4. The van der Waals surface area contributed by atoms with Crippen LogP contribution in [0, 0.1) is 0 Å². The SMILES string of the molecule is O=C([O-])[C@@H](O)[C@H](O)[C@H](O)[C@@H](O)C(=O)[O-].[Ca+2]. The number of aliphatic carboxylic acids is 2. The molecule has 0 rings (SSSR count). The van der Waals surface area contributed by atoms with Crippen LogP contribution in [0.4, 0.5) is 0 Å². The molecule has 82 valence electrons. The fourth-order valence-electron chi connectivity index (χ4n) is 0.652. The molecule has 4 N–H and O–H groups in total. The van der Waals surface area contributed by atoms with E-state index in [1.165, 1.54) is 0 Å². The van der Waals surface area contributed by atoms with E-state index in [4.69, 9.17) is 20.4 Å². The molecule has 0 aliphatic rings. The quantitative estimate of drug-likeness (QED) is 0.349. The van der Waals surface area contributed by atoms with E-state index in [9.17, 15) is 19.8 Å². The van der Waals surface area contributed by atoms with Crippen LogP contribution >= 0.6 is 0 Å². The normalized spacial score (nSPS) is 18.1. The third-order valence-electron chi connectivity index (χ3n) is 1.48. The van der Waals surface area contributed by atoms with Gasteiger partial charge in [0.1, 0.15) is 24.4 Å². The van der Waals surface area contributed by atoms with E-state index in [0.717, 1.165) is 0 Å². The zero-order valence-electron chi connectivity index (χ0n) is 7.44. The topological polar surface area (TPSA) is 161 Å². The Kier molecular flexibility index (Phi) is 8.53. The van der Waals surface area contributed by atoms with Gasteiger partial charge in [0.2, 0.25) is 0 Å². The van der Waals surface area contributed by atoms with Gasteiger partial charge in [-0.1, -0.05) is 0 Å². The predicted octanol–water partition coefficient (Wildman–Crippen LogP) is -6.45. The van der Waals surface area contributed by atoms with E-state index in [2.05, 4.69) is 0 Å². The fourth-order valence-corrected chi connectivity index (χ4v) is 0.652. The van der Waals surface area contributed by atoms with Gasteiger partial charge >= 0.3 is 37.7 Å². The monoisotopic (exact) mass is 248 g/mol. The van der Waals surface area contributed by atoms with E-state index < -0.39 is 36.4 Å². The Hall–Kier alpha value is 0.0397. The molecule has 15 heavy (non-hydrogen) atoms. The van der Waals surface area contributed by atoms with E-state index in [1.54, 1.807) is 0 Å². The van der Waals surface area contributed by atoms with Gasteiger partial charge in [-0.25, -0.2) is 0 Å². The molecule has 0 bridgehead atoms. The Labute approximate surface area is 114 Å². The van der Waals surface area contributed by atoms with Crippen molar-refractivity contribution >= 4 is 49.7 Å². The van der Waals surface area contributed by atoms with Crippen LogP contribution in [0.1, 0.15) is 0 Å². The second kappa shape index (κ2) is 7.34. The van der Waals surface area contributed by atoms with E-state index >= 15 is 0 Å². The molecule has 0 unspecified atom stereocenters. The van der Waals surface area contributed by atoms with Crippen molar-refractivity contribution in [3.63, 3.8) is 0 Å². The zero-order valence-corrected chi connectivity index (χ0v) is 9.65. The molecule has 0 aromatic heterocycles.